The second kappa shape index (κ2) is 6.16. The highest BCUT2D eigenvalue weighted by atomic mass is 79.9. The van der Waals surface area contributed by atoms with E-state index in [2.05, 4.69) is 31.4 Å². The lowest BCUT2D eigenvalue weighted by atomic mass is 9.97. The first-order valence-electron chi connectivity index (χ1n) is 6.07. The number of hydrogen-bond acceptors (Lipinski definition) is 3. The molecule has 0 fully saturated rings. The van der Waals surface area contributed by atoms with Crippen LogP contribution in [0.15, 0.2) is 22.7 Å². The zero-order chi connectivity index (χ0) is 14.9. The maximum absolute atomic E-state index is 14.4. The number of nitrogens with one attached hydrogen (secondary N) is 1. The minimum atomic E-state index is -0.436. The van der Waals surface area contributed by atoms with Crippen molar-refractivity contribution in [2.75, 3.05) is 7.05 Å². The molecule has 6 heteroatoms. The van der Waals surface area contributed by atoms with Crippen LogP contribution >= 0.6 is 27.5 Å². The Hall–Kier alpha value is -1.04. The van der Waals surface area contributed by atoms with Crippen LogP contribution in [0.2, 0.25) is 5.02 Å². The molecule has 20 heavy (non-hydrogen) atoms. The molecule has 3 nitrogen and oxygen atoms in total. The van der Waals surface area contributed by atoms with E-state index in [1.54, 1.807) is 19.2 Å². The van der Waals surface area contributed by atoms with Crippen molar-refractivity contribution in [1.82, 2.24) is 15.5 Å². The molecule has 0 radical (unpaired) electrons. The van der Waals surface area contributed by atoms with Crippen LogP contribution in [0.25, 0.3) is 0 Å². The minimum absolute atomic E-state index is 0.0825. The third-order valence-electron chi connectivity index (χ3n) is 3.12. The lowest BCUT2D eigenvalue weighted by Crippen LogP contribution is -2.21. The molecule has 0 aliphatic heterocycles. The standard InChI is InChI=1S/C14H14BrClFN3/c1-7-6-10(8(2)20-19-7)14(18-3)9-4-5-11(15)12(16)13(9)17/h4-6,14,18H,1-3H3. The van der Waals surface area contributed by atoms with E-state index in [4.69, 9.17) is 11.6 Å². The maximum atomic E-state index is 14.4. The minimum Gasteiger partial charge on any atom is -0.309 e. The van der Waals surface area contributed by atoms with Crippen molar-refractivity contribution in [3.8, 4) is 0 Å². The number of aromatic nitrogens is 2. The quantitative estimate of drug-likeness (QED) is 0.844. The van der Waals surface area contributed by atoms with E-state index in [0.717, 1.165) is 17.0 Å². The molecule has 0 bridgehead atoms. The van der Waals surface area contributed by atoms with Crippen LogP contribution in [0.5, 0.6) is 0 Å². The molecule has 1 aromatic carbocycles. The molecule has 0 aliphatic carbocycles. The Labute approximate surface area is 130 Å². The Kier molecular flexibility index (Phi) is 4.73. The molecule has 1 N–H and O–H groups in total. The number of hydrogen-bond donors (Lipinski definition) is 1. The van der Waals surface area contributed by atoms with Gasteiger partial charge < -0.3 is 5.32 Å². The SMILES string of the molecule is CNC(c1cc(C)nnc1C)c1ccc(Br)c(Cl)c1F. The van der Waals surface area contributed by atoms with Crippen molar-refractivity contribution in [2.24, 2.45) is 0 Å². The van der Waals surface area contributed by atoms with Crippen molar-refractivity contribution in [3.63, 3.8) is 0 Å². The van der Waals surface area contributed by atoms with Gasteiger partial charge in [0.2, 0.25) is 0 Å². The molecule has 0 aliphatic rings. The van der Waals surface area contributed by atoms with E-state index < -0.39 is 5.82 Å². The fraction of sp³-hybridized carbons (Fsp3) is 0.286. The first-order valence-corrected chi connectivity index (χ1v) is 7.24. The summed E-state index contributed by atoms with van der Waals surface area (Å²) in [6, 6.07) is 5.03. The van der Waals surface area contributed by atoms with Gasteiger partial charge in [-0.15, -0.1) is 0 Å². The van der Waals surface area contributed by atoms with Crippen LogP contribution in [0.4, 0.5) is 4.39 Å². The van der Waals surface area contributed by atoms with Gasteiger partial charge in [0.15, 0.2) is 0 Å². The Morgan fingerprint density at radius 2 is 1.95 bits per heavy atom. The number of halogens is 3. The molecule has 0 amide bonds. The second-order valence-electron chi connectivity index (χ2n) is 4.51. The monoisotopic (exact) mass is 357 g/mol. The number of benzene rings is 1. The van der Waals surface area contributed by atoms with Crippen molar-refractivity contribution in [3.05, 3.63) is 56.0 Å². The fourth-order valence-electron chi connectivity index (χ4n) is 2.10. The normalized spacial score (nSPS) is 12.5. The molecule has 0 spiro atoms. The lowest BCUT2D eigenvalue weighted by Gasteiger charge is -2.20. The van der Waals surface area contributed by atoms with Crippen LogP contribution in [0.3, 0.4) is 0 Å². The molecule has 1 atom stereocenters. The zero-order valence-corrected chi connectivity index (χ0v) is 13.7. The van der Waals surface area contributed by atoms with Crippen molar-refractivity contribution < 1.29 is 4.39 Å². The average Bonchev–Trinajstić information content (AvgIpc) is 2.43. The van der Waals surface area contributed by atoms with E-state index in [9.17, 15) is 4.39 Å². The van der Waals surface area contributed by atoms with E-state index >= 15 is 0 Å². The molecule has 1 unspecified atom stereocenters. The van der Waals surface area contributed by atoms with Crippen LogP contribution in [0.1, 0.15) is 28.6 Å². The molecular formula is C14H14BrClFN3. The summed E-state index contributed by atoms with van der Waals surface area (Å²) in [5, 5.41) is 11.3. The largest absolute Gasteiger partial charge is 0.309 e. The van der Waals surface area contributed by atoms with E-state index in [0.29, 0.717) is 10.0 Å². The maximum Gasteiger partial charge on any atom is 0.148 e. The molecule has 1 heterocycles. The van der Waals surface area contributed by atoms with Gasteiger partial charge in [-0.1, -0.05) is 17.7 Å². The molecule has 1 aromatic heterocycles. The molecular weight excluding hydrogens is 345 g/mol. The topological polar surface area (TPSA) is 37.8 Å². The van der Waals surface area contributed by atoms with Crippen molar-refractivity contribution >= 4 is 27.5 Å². The second-order valence-corrected chi connectivity index (χ2v) is 5.75. The number of rotatable bonds is 3. The highest BCUT2D eigenvalue weighted by Crippen LogP contribution is 2.33. The summed E-state index contributed by atoms with van der Waals surface area (Å²) in [5.41, 5.74) is 2.91. The van der Waals surface area contributed by atoms with E-state index in [-0.39, 0.29) is 11.1 Å². The van der Waals surface area contributed by atoms with Gasteiger partial charge in [0.1, 0.15) is 5.82 Å². The molecule has 2 rings (SSSR count). The molecule has 106 valence electrons. The van der Waals surface area contributed by atoms with Gasteiger partial charge >= 0.3 is 0 Å². The van der Waals surface area contributed by atoms with Crippen LogP contribution in [-0.4, -0.2) is 17.2 Å². The summed E-state index contributed by atoms with van der Waals surface area (Å²) in [6.07, 6.45) is 0. The van der Waals surface area contributed by atoms with Gasteiger partial charge in [-0.3, -0.25) is 0 Å². The first kappa shape index (κ1) is 15.4. The van der Waals surface area contributed by atoms with Crippen LogP contribution in [-0.2, 0) is 0 Å². The Morgan fingerprint density at radius 3 is 2.60 bits per heavy atom. The Balaban J connectivity index is 2.58. The summed E-state index contributed by atoms with van der Waals surface area (Å²) in [5.74, 6) is -0.436. The number of nitrogens with zero attached hydrogens (tertiary/aromatic N) is 2. The van der Waals surface area contributed by atoms with Crippen LogP contribution in [0, 0.1) is 19.7 Å². The van der Waals surface area contributed by atoms with Crippen molar-refractivity contribution in [2.45, 2.75) is 19.9 Å². The highest BCUT2D eigenvalue weighted by Gasteiger charge is 2.21. The molecule has 2 aromatic rings. The predicted octanol–water partition coefficient (Wildman–Crippen LogP) is 3.96. The third-order valence-corrected chi connectivity index (χ3v) is 4.37. The summed E-state index contributed by atoms with van der Waals surface area (Å²) in [7, 11) is 1.77. The van der Waals surface area contributed by atoms with Gasteiger partial charge in [0, 0.05) is 10.0 Å². The Morgan fingerprint density at radius 1 is 1.25 bits per heavy atom. The lowest BCUT2D eigenvalue weighted by molar-refractivity contribution is 0.572. The highest BCUT2D eigenvalue weighted by molar-refractivity contribution is 9.10. The van der Waals surface area contributed by atoms with Crippen molar-refractivity contribution in [1.29, 1.82) is 0 Å². The van der Waals surface area contributed by atoms with Gasteiger partial charge in [0.05, 0.1) is 22.5 Å². The number of aryl methyl sites for hydroxylation is 2. The van der Waals surface area contributed by atoms with Gasteiger partial charge in [-0.25, -0.2) is 4.39 Å². The summed E-state index contributed by atoms with van der Waals surface area (Å²) in [6.45, 7) is 3.71. The fourth-order valence-corrected chi connectivity index (χ4v) is 2.58. The van der Waals surface area contributed by atoms with Crippen LogP contribution < -0.4 is 5.32 Å². The molecule has 0 saturated carbocycles. The van der Waals surface area contributed by atoms with E-state index in [1.807, 2.05) is 19.9 Å². The van der Waals surface area contributed by atoms with Gasteiger partial charge in [-0.2, -0.15) is 10.2 Å². The summed E-state index contributed by atoms with van der Waals surface area (Å²) >= 11 is 9.18. The third kappa shape index (κ3) is 2.85. The van der Waals surface area contributed by atoms with Gasteiger partial charge in [0.25, 0.3) is 0 Å². The van der Waals surface area contributed by atoms with Gasteiger partial charge in [-0.05, 0) is 54.5 Å². The predicted molar refractivity (Wildman–Crippen MR) is 81.5 cm³/mol. The Bertz CT molecular complexity index is 649. The van der Waals surface area contributed by atoms with E-state index in [1.165, 1.54) is 0 Å². The molecule has 0 saturated heterocycles. The average molecular weight is 359 g/mol. The first-order chi connectivity index (χ1) is 9.45. The summed E-state index contributed by atoms with van der Waals surface area (Å²) in [4.78, 5) is 0. The summed E-state index contributed by atoms with van der Waals surface area (Å²) < 4.78 is 14.9. The smallest absolute Gasteiger partial charge is 0.148 e. The zero-order valence-electron chi connectivity index (χ0n) is 11.3.